The number of methoxy groups -OCH3 is 1. The maximum Gasteiger partial charge on any atom is 0.150 e. The van der Waals surface area contributed by atoms with Gasteiger partial charge in [-0.2, -0.15) is 0 Å². The molecule has 1 heterocycles. The normalized spacial score (nSPS) is 10.6. The average Bonchev–Trinajstić information content (AvgIpc) is 2.36. The van der Waals surface area contributed by atoms with Crippen LogP contribution in [0.2, 0.25) is 0 Å². The van der Waals surface area contributed by atoms with Crippen LogP contribution in [0.25, 0.3) is 11.3 Å². The van der Waals surface area contributed by atoms with Crippen LogP contribution in [-0.2, 0) is 0 Å². The lowest BCUT2D eigenvalue weighted by Crippen LogP contribution is -2.03. The van der Waals surface area contributed by atoms with Crippen LogP contribution in [0.4, 0.5) is 5.82 Å². The molecule has 1 aromatic carbocycles. The number of anilines is 1. The molecule has 100 valence electrons. The van der Waals surface area contributed by atoms with Crippen molar-refractivity contribution in [2.45, 2.75) is 27.7 Å². The summed E-state index contributed by atoms with van der Waals surface area (Å²) in [4.78, 5) is 8.92. The molecular weight excluding hydrogens is 238 g/mol. The third-order valence-electron chi connectivity index (χ3n) is 3.33. The first-order chi connectivity index (χ1) is 8.93. The lowest BCUT2D eigenvalue weighted by Gasteiger charge is -2.13. The Hall–Kier alpha value is -2.10. The van der Waals surface area contributed by atoms with Crippen LogP contribution in [0, 0.1) is 27.7 Å². The SMILES string of the molecule is COc1cc(C)c(-c2nc(C)c(C)nc2N)cc1C. The van der Waals surface area contributed by atoms with Crippen LogP contribution >= 0.6 is 0 Å². The molecule has 19 heavy (non-hydrogen) atoms. The van der Waals surface area contributed by atoms with E-state index >= 15 is 0 Å². The second-order valence-electron chi connectivity index (χ2n) is 4.77. The highest BCUT2D eigenvalue weighted by molar-refractivity contribution is 5.74. The lowest BCUT2D eigenvalue weighted by molar-refractivity contribution is 0.411. The van der Waals surface area contributed by atoms with E-state index in [1.54, 1.807) is 7.11 Å². The van der Waals surface area contributed by atoms with Crippen LogP contribution < -0.4 is 10.5 Å². The molecule has 0 atom stereocenters. The second kappa shape index (κ2) is 4.88. The van der Waals surface area contributed by atoms with Gasteiger partial charge in [0.2, 0.25) is 0 Å². The molecule has 4 nitrogen and oxygen atoms in total. The van der Waals surface area contributed by atoms with Crippen molar-refractivity contribution in [3.05, 3.63) is 34.6 Å². The highest BCUT2D eigenvalue weighted by Gasteiger charge is 2.13. The smallest absolute Gasteiger partial charge is 0.150 e. The molecule has 2 N–H and O–H groups in total. The number of aromatic nitrogens is 2. The van der Waals surface area contributed by atoms with Gasteiger partial charge in [-0.3, -0.25) is 0 Å². The quantitative estimate of drug-likeness (QED) is 0.898. The van der Waals surface area contributed by atoms with Crippen LogP contribution in [0.15, 0.2) is 12.1 Å². The molecule has 0 radical (unpaired) electrons. The Kier molecular flexibility index (Phi) is 3.42. The van der Waals surface area contributed by atoms with E-state index in [0.29, 0.717) is 5.82 Å². The third kappa shape index (κ3) is 2.38. The predicted molar refractivity (Wildman–Crippen MR) is 77.4 cm³/mol. The average molecular weight is 257 g/mol. The number of hydrogen-bond acceptors (Lipinski definition) is 4. The van der Waals surface area contributed by atoms with Gasteiger partial charge in [-0.15, -0.1) is 0 Å². The fourth-order valence-electron chi connectivity index (χ4n) is 2.08. The van der Waals surface area contributed by atoms with Gasteiger partial charge in [0.05, 0.1) is 18.5 Å². The number of nitrogens with two attached hydrogens (primary N) is 1. The Labute approximate surface area is 113 Å². The van der Waals surface area contributed by atoms with E-state index in [4.69, 9.17) is 10.5 Å². The molecule has 0 aliphatic rings. The molecule has 0 unspecified atom stereocenters. The largest absolute Gasteiger partial charge is 0.496 e. The summed E-state index contributed by atoms with van der Waals surface area (Å²) in [5.41, 5.74) is 11.7. The first kappa shape index (κ1) is 13.3. The van der Waals surface area contributed by atoms with Gasteiger partial charge < -0.3 is 10.5 Å². The van der Waals surface area contributed by atoms with Gasteiger partial charge in [0, 0.05) is 5.56 Å². The Morgan fingerprint density at radius 2 is 1.58 bits per heavy atom. The van der Waals surface area contributed by atoms with Crippen molar-refractivity contribution < 1.29 is 4.74 Å². The number of benzene rings is 1. The van der Waals surface area contributed by atoms with E-state index in [9.17, 15) is 0 Å². The van der Waals surface area contributed by atoms with Crippen molar-refractivity contribution in [1.29, 1.82) is 0 Å². The van der Waals surface area contributed by atoms with E-state index in [0.717, 1.165) is 39.5 Å². The van der Waals surface area contributed by atoms with E-state index in [1.165, 1.54) is 0 Å². The Balaban J connectivity index is 2.65. The van der Waals surface area contributed by atoms with Gasteiger partial charge in [-0.1, -0.05) is 0 Å². The molecule has 0 saturated carbocycles. The topological polar surface area (TPSA) is 61.0 Å². The molecule has 0 saturated heterocycles. The minimum atomic E-state index is 0.468. The second-order valence-corrected chi connectivity index (χ2v) is 4.77. The fraction of sp³-hybridized carbons (Fsp3) is 0.333. The summed E-state index contributed by atoms with van der Waals surface area (Å²) >= 11 is 0. The number of ether oxygens (including phenoxy) is 1. The maximum atomic E-state index is 6.01. The number of hydrogen-bond donors (Lipinski definition) is 1. The highest BCUT2D eigenvalue weighted by Crippen LogP contribution is 2.31. The van der Waals surface area contributed by atoms with Gasteiger partial charge in [-0.05, 0) is 51.0 Å². The summed E-state index contributed by atoms with van der Waals surface area (Å²) in [7, 11) is 1.67. The minimum absolute atomic E-state index is 0.468. The summed E-state index contributed by atoms with van der Waals surface area (Å²) < 4.78 is 5.32. The fourth-order valence-corrected chi connectivity index (χ4v) is 2.08. The van der Waals surface area contributed by atoms with Crippen molar-refractivity contribution >= 4 is 5.82 Å². The molecule has 2 aromatic rings. The van der Waals surface area contributed by atoms with Crippen LogP contribution in [-0.4, -0.2) is 17.1 Å². The van der Waals surface area contributed by atoms with Gasteiger partial charge in [-0.25, -0.2) is 9.97 Å². The molecular formula is C15H19N3O. The van der Waals surface area contributed by atoms with Crippen LogP contribution in [0.3, 0.4) is 0 Å². The number of nitrogen functional groups attached to an aromatic ring is 1. The van der Waals surface area contributed by atoms with E-state index in [2.05, 4.69) is 9.97 Å². The number of rotatable bonds is 2. The van der Waals surface area contributed by atoms with E-state index in [-0.39, 0.29) is 0 Å². The Morgan fingerprint density at radius 1 is 0.947 bits per heavy atom. The molecule has 4 heteroatoms. The zero-order valence-corrected chi connectivity index (χ0v) is 12.0. The molecule has 0 spiro atoms. The third-order valence-corrected chi connectivity index (χ3v) is 3.33. The Morgan fingerprint density at radius 3 is 2.21 bits per heavy atom. The molecule has 2 rings (SSSR count). The molecule has 0 fully saturated rings. The monoisotopic (exact) mass is 257 g/mol. The number of aryl methyl sites for hydroxylation is 4. The van der Waals surface area contributed by atoms with Crippen molar-refractivity contribution in [3.63, 3.8) is 0 Å². The highest BCUT2D eigenvalue weighted by atomic mass is 16.5. The lowest BCUT2D eigenvalue weighted by atomic mass is 10.0. The summed E-state index contributed by atoms with van der Waals surface area (Å²) in [6.45, 7) is 7.88. The molecule has 0 aliphatic heterocycles. The Bertz CT molecular complexity index is 636. The van der Waals surface area contributed by atoms with Crippen molar-refractivity contribution in [1.82, 2.24) is 9.97 Å². The zero-order chi connectivity index (χ0) is 14.2. The van der Waals surface area contributed by atoms with Crippen molar-refractivity contribution in [3.8, 4) is 17.0 Å². The summed E-state index contributed by atoms with van der Waals surface area (Å²) in [6, 6.07) is 4.05. The molecule has 0 amide bonds. The molecule has 0 bridgehead atoms. The van der Waals surface area contributed by atoms with Gasteiger partial charge in [0.15, 0.2) is 0 Å². The van der Waals surface area contributed by atoms with E-state index in [1.807, 2.05) is 39.8 Å². The first-order valence-corrected chi connectivity index (χ1v) is 6.20. The van der Waals surface area contributed by atoms with Crippen molar-refractivity contribution in [2.75, 3.05) is 12.8 Å². The summed E-state index contributed by atoms with van der Waals surface area (Å²) in [6.07, 6.45) is 0. The van der Waals surface area contributed by atoms with Gasteiger partial charge in [0.1, 0.15) is 17.3 Å². The predicted octanol–water partition coefficient (Wildman–Crippen LogP) is 2.97. The van der Waals surface area contributed by atoms with E-state index < -0.39 is 0 Å². The van der Waals surface area contributed by atoms with Crippen LogP contribution in [0.1, 0.15) is 22.5 Å². The van der Waals surface area contributed by atoms with Crippen LogP contribution in [0.5, 0.6) is 5.75 Å². The minimum Gasteiger partial charge on any atom is -0.496 e. The summed E-state index contributed by atoms with van der Waals surface area (Å²) in [5.74, 6) is 1.34. The molecule has 1 aromatic heterocycles. The standard InChI is InChI=1S/C15H19N3O/c1-8-7-13(19-5)9(2)6-12(8)14-15(16)18-11(4)10(3)17-14/h6-7H,1-5H3,(H2,16,18). The number of nitrogens with zero attached hydrogens (tertiary/aromatic N) is 2. The first-order valence-electron chi connectivity index (χ1n) is 6.20. The van der Waals surface area contributed by atoms with Gasteiger partial charge in [0.25, 0.3) is 0 Å². The van der Waals surface area contributed by atoms with Crippen molar-refractivity contribution in [2.24, 2.45) is 0 Å². The summed E-state index contributed by atoms with van der Waals surface area (Å²) in [5, 5.41) is 0. The zero-order valence-electron chi connectivity index (χ0n) is 12.0. The van der Waals surface area contributed by atoms with Gasteiger partial charge >= 0.3 is 0 Å². The maximum absolute atomic E-state index is 6.01. The molecule has 0 aliphatic carbocycles.